The summed E-state index contributed by atoms with van der Waals surface area (Å²) >= 11 is 0. The topological polar surface area (TPSA) is 94.2 Å². The summed E-state index contributed by atoms with van der Waals surface area (Å²) < 4.78 is 43.8. The highest BCUT2D eigenvalue weighted by atomic mass is 32.2. The first-order valence-corrected chi connectivity index (χ1v) is 11.8. The molecule has 0 saturated carbocycles. The summed E-state index contributed by atoms with van der Waals surface area (Å²) in [6.07, 6.45) is 0. The van der Waals surface area contributed by atoms with E-state index in [1.165, 1.54) is 29.6 Å². The molecular formula is C24H24N2O6S. The number of rotatable bonds is 7. The summed E-state index contributed by atoms with van der Waals surface area (Å²) in [5.41, 5.74) is 0.609. The molecule has 0 atom stereocenters. The van der Waals surface area contributed by atoms with E-state index < -0.39 is 15.9 Å². The van der Waals surface area contributed by atoms with E-state index >= 15 is 0 Å². The minimum Gasteiger partial charge on any atom is -0.495 e. The molecule has 0 unspecified atom stereocenters. The number of para-hydroxylation sites is 1. The number of carbonyl (C=O) groups is 1. The number of morpholine rings is 1. The zero-order valence-electron chi connectivity index (χ0n) is 18.1. The molecule has 1 fully saturated rings. The fourth-order valence-corrected chi connectivity index (χ4v) is 4.84. The van der Waals surface area contributed by atoms with Crippen molar-refractivity contribution in [2.75, 3.05) is 38.7 Å². The summed E-state index contributed by atoms with van der Waals surface area (Å²) in [7, 11) is -2.27. The third kappa shape index (κ3) is 5.33. The molecule has 9 heteroatoms. The van der Waals surface area contributed by atoms with Crippen molar-refractivity contribution in [1.82, 2.24) is 4.31 Å². The standard InChI is InChI=1S/C24H24N2O6S/c1-30-23-11-10-21(33(28,29)26-12-14-31-15-13-26)17-22(23)25-24(27)18-6-5-9-20(16-18)32-19-7-3-2-4-8-19/h2-11,16-17H,12-15H2,1H3,(H,25,27). The van der Waals surface area contributed by atoms with Crippen molar-refractivity contribution in [3.63, 3.8) is 0 Å². The van der Waals surface area contributed by atoms with Crippen molar-refractivity contribution < 1.29 is 27.4 Å². The molecule has 172 valence electrons. The molecule has 1 amide bonds. The smallest absolute Gasteiger partial charge is 0.255 e. The maximum Gasteiger partial charge on any atom is 0.255 e. The zero-order valence-corrected chi connectivity index (χ0v) is 18.9. The molecule has 0 bridgehead atoms. The second kappa shape index (κ2) is 10.0. The third-order valence-electron chi connectivity index (χ3n) is 5.10. The van der Waals surface area contributed by atoms with E-state index in [0.717, 1.165) is 0 Å². The highest BCUT2D eigenvalue weighted by Crippen LogP contribution is 2.30. The predicted molar refractivity (Wildman–Crippen MR) is 123 cm³/mol. The van der Waals surface area contributed by atoms with Gasteiger partial charge in [-0.05, 0) is 48.5 Å². The average Bonchev–Trinajstić information content (AvgIpc) is 2.85. The monoisotopic (exact) mass is 468 g/mol. The van der Waals surface area contributed by atoms with Crippen molar-refractivity contribution >= 4 is 21.6 Å². The Morgan fingerprint density at radius 3 is 2.39 bits per heavy atom. The molecule has 3 aromatic carbocycles. The van der Waals surface area contributed by atoms with Crippen molar-refractivity contribution in [2.45, 2.75) is 4.90 Å². The van der Waals surface area contributed by atoms with Gasteiger partial charge in [-0.2, -0.15) is 4.31 Å². The van der Waals surface area contributed by atoms with Gasteiger partial charge in [-0.15, -0.1) is 0 Å². The van der Waals surface area contributed by atoms with Crippen LogP contribution in [0, 0.1) is 0 Å². The molecule has 0 spiro atoms. The Bertz CT molecular complexity index is 1220. The van der Waals surface area contributed by atoms with E-state index in [2.05, 4.69) is 5.32 Å². The van der Waals surface area contributed by atoms with Crippen molar-refractivity contribution in [3.8, 4) is 17.2 Å². The summed E-state index contributed by atoms with van der Waals surface area (Å²) in [4.78, 5) is 13.0. The van der Waals surface area contributed by atoms with E-state index in [0.29, 0.717) is 36.0 Å². The van der Waals surface area contributed by atoms with Crippen LogP contribution in [0.15, 0.2) is 77.7 Å². The van der Waals surface area contributed by atoms with Gasteiger partial charge >= 0.3 is 0 Å². The number of hydrogen-bond acceptors (Lipinski definition) is 6. The van der Waals surface area contributed by atoms with Crippen LogP contribution in [0.5, 0.6) is 17.2 Å². The van der Waals surface area contributed by atoms with Crippen LogP contribution in [-0.4, -0.2) is 52.0 Å². The summed E-state index contributed by atoms with van der Waals surface area (Å²) in [5, 5.41) is 2.76. The number of nitrogens with zero attached hydrogens (tertiary/aromatic N) is 1. The maximum absolute atomic E-state index is 13.0. The molecular weight excluding hydrogens is 444 g/mol. The molecule has 8 nitrogen and oxygen atoms in total. The lowest BCUT2D eigenvalue weighted by atomic mass is 10.2. The SMILES string of the molecule is COc1ccc(S(=O)(=O)N2CCOCC2)cc1NC(=O)c1cccc(Oc2ccccc2)c1. The fourth-order valence-electron chi connectivity index (χ4n) is 3.40. The number of ether oxygens (including phenoxy) is 3. The quantitative estimate of drug-likeness (QED) is 0.568. The fraction of sp³-hybridized carbons (Fsp3) is 0.208. The van der Waals surface area contributed by atoms with Gasteiger partial charge in [0, 0.05) is 18.7 Å². The molecule has 1 aliphatic rings. The van der Waals surface area contributed by atoms with Gasteiger partial charge in [-0.1, -0.05) is 24.3 Å². The van der Waals surface area contributed by atoms with Crippen LogP contribution in [0.2, 0.25) is 0 Å². The van der Waals surface area contributed by atoms with Gasteiger partial charge in [0.05, 0.1) is 30.9 Å². The molecule has 0 aromatic heterocycles. The van der Waals surface area contributed by atoms with Gasteiger partial charge in [-0.25, -0.2) is 8.42 Å². The van der Waals surface area contributed by atoms with Crippen LogP contribution in [0.4, 0.5) is 5.69 Å². The van der Waals surface area contributed by atoms with Gasteiger partial charge in [0.2, 0.25) is 10.0 Å². The number of sulfonamides is 1. The molecule has 1 aliphatic heterocycles. The number of benzene rings is 3. The van der Waals surface area contributed by atoms with Crippen LogP contribution in [-0.2, 0) is 14.8 Å². The summed E-state index contributed by atoms with van der Waals surface area (Å²) in [6, 6.07) is 20.4. The van der Waals surface area contributed by atoms with Crippen LogP contribution in [0.25, 0.3) is 0 Å². The lowest BCUT2D eigenvalue weighted by Crippen LogP contribution is -2.40. The van der Waals surface area contributed by atoms with Gasteiger partial charge in [-0.3, -0.25) is 4.79 Å². The van der Waals surface area contributed by atoms with E-state index in [4.69, 9.17) is 14.2 Å². The largest absolute Gasteiger partial charge is 0.495 e. The molecule has 1 N–H and O–H groups in total. The minimum absolute atomic E-state index is 0.0710. The van der Waals surface area contributed by atoms with Crippen LogP contribution in [0.3, 0.4) is 0 Å². The average molecular weight is 469 g/mol. The Hall–Kier alpha value is -3.40. The molecule has 1 saturated heterocycles. The van der Waals surface area contributed by atoms with E-state index in [1.54, 1.807) is 24.3 Å². The van der Waals surface area contributed by atoms with Crippen molar-refractivity contribution in [2.24, 2.45) is 0 Å². The van der Waals surface area contributed by atoms with E-state index in [1.807, 2.05) is 30.3 Å². The number of amides is 1. The Morgan fingerprint density at radius 1 is 0.939 bits per heavy atom. The van der Waals surface area contributed by atoms with Gasteiger partial charge in [0.25, 0.3) is 5.91 Å². The number of carbonyl (C=O) groups excluding carboxylic acids is 1. The maximum atomic E-state index is 13.0. The second-order valence-corrected chi connectivity index (χ2v) is 9.21. The zero-order chi connectivity index (χ0) is 23.3. The highest BCUT2D eigenvalue weighted by Gasteiger charge is 2.27. The Morgan fingerprint density at radius 2 is 1.67 bits per heavy atom. The normalized spacial score (nSPS) is 14.5. The number of nitrogens with one attached hydrogen (secondary N) is 1. The van der Waals surface area contributed by atoms with Gasteiger partial charge in [0.15, 0.2) is 0 Å². The summed E-state index contributed by atoms with van der Waals surface area (Å²) in [6.45, 7) is 1.26. The first-order valence-electron chi connectivity index (χ1n) is 10.4. The third-order valence-corrected chi connectivity index (χ3v) is 7.00. The minimum atomic E-state index is -3.72. The van der Waals surface area contributed by atoms with Crippen LogP contribution < -0.4 is 14.8 Å². The summed E-state index contributed by atoms with van der Waals surface area (Å²) in [5.74, 6) is 1.08. The molecule has 0 radical (unpaired) electrons. The van der Waals surface area contributed by atoms with Crippen LogP contribution in [0.1, 0.15) is 10.4 Å². The van der Waals surface area contributed by atoms with E-state index in [9.17, 15) is 13.2 Å². The van der Waals surface area contributed by atoms with Crippen molar-refractivity contribution in [1.29, 1.82) is 0 Å². The predicted octanol–water partition coefficient (Wildman–Crippen LogP) is 3.76. The lowest BCUT2D eigenvalue weighted by molar-refractivity contribution is 0.0730. The van der Waals surface area contributed by atoms with E-state index in [-0.39, 0.29) is 23.7 Å². The molecule has 4 rings (SSSR count). The van der Waals surface area contributed by atoms with Crippen molar-refractivity contribution in [3.05, 3.63) is 78.4 Å². The molecule has 3 aromatic rings. The number of methoxy groups -OCH3 is 1. The second-order valence-electron chi connectivity index (χ2n) is 7.28. The van der Waals surface area contributed by atoms with Gasteiger partial charge in [0.1, 0.15) is 17.2 Å². The lowest BCUT2D eigenvalue weighted by Gasteiger charge is -2.26. The first kappa shape index (κ1) is 22.8. The Balaban J connectivity index is 1.56. The molecule has 1 heterocycles. The molecule has 0 aliphatic carbocycles. The van der Waals surface area contributed by atoms with Gasteiger partial charge < -0.3 is 19.5 Å². The number of hydrogen-bond donors (Lipinski definition) is 1. The Kier molecular flexibility index (Phi) is 6.93. The first-order chi connectivity index (χ1) is 16.0. The number of anilines is 1. The Labute approximate surface area is 192 Å². The highest BCUT2D eigenvalue weighted by molar-refractivity contribution is 7.89. The molecule has 33 heavy (non-hydrogen) atoms. The van der Waals surface area contributed by atoms with Crippen LogP contribution >= 0.6 is 0 Å².